The third-order valence-corrected chi connectivity index (χ3v) is 3.53. The van der Waals surface area contributed by atoms with E-state index in [2.05, 4.69) is 0 Å². The van der Waals surface area contributed by atoms with Crippen molar-refractivity contribution in [2.75, 3.05) is 32.8 Å². The molecular formula is C14H17ClN2O3. The summed E-state index contributed by atoms with van der Waals surface area (Å²) in [4.78, 5) is 27.2. The lowest BCUT2D eigenvalue weighted by atomic mass is 10.2. The van der Waals surface area contributed by atoms with Crippen molar-refractivity contribution in [3.63, 3.8) is 0 Å². The van der Waals surface area contributed by atoms with Crippen LogP contribution in [0.2, 0.25) is 5.02 Å². The van der Waals surface area contributed by atoms with E-state index in [9.17, 15) is 9.59 Å². The fourth-order valence-electron chi connectivity index (χ4n) is 2.11. The molecule has 1 heterocycles. The van der Waals surface area contributed by atoms with Gasteiger partial charge in [0, 0.05) is 26.2 Å². The SMILES string of the molecule is CCOC(=O)N1CCN(C(=O)c2ccccc2Cl)CC1. The molecule has 1 fully saturated rings. The zero-order valence-electron chi connectivity index (χ0n) is 11.3. The van der Waals surface area contributed by atoms with Crippen LogP contribution in [0.25, 0.3) is 0 Å². The zero-order chi connectivity index (χ0) is 14.5. The Labute approximate surface area is 123 Å². The molecular weight excluding hydrogens is 280 g/mol. The topological polar surface area (TPSA) is 49.9 Å². The smallest absolute Gasteiger partial charge is 0.409 e. The summed E-state index contributed by atoms with van der Waals surface area (Å²) in [5.41, 5.74) is 0.499. The molecule has 0 saturated carbocycles. The number of halogens is 1. The minimum atomic E-state index is -0.322. The first kappa shape index (κ1) is 14.7. The van der Waals surface area contributed by atoms with E-state index in [0.717, 1.165) is 0 Å². The summed E-state index contributed by atoms with van der Waals surface area (Å²) < 4.78 is 4.94. The molecule has 1 saturated heterocycles. The standard InChI is InChI=1S/C14H17ClN2O3/c1-2-20-14(19)17-9-7-16(8-10-17)13(18)11-5-3-4-6-12(11)15/h3-6H,2,7-10H2,1H3. The number of hydrogen-bond acceptors (Lipinski definition) is 3. The molecule has 0 N–H and O–H groups in total. The van der Waals surface area contributed by atoms with Crippen LogP contribution in [0.1, 0.15) is 17.3 Å². The third-order valence-electron chi connectivity index (χ3n) is 3.20. The maximum atomic E-state index is 12.3. The lowest BCUT2D eigenvalue weighted by molar-refractivity contribution is 0.0570. The van der Waals surface area contributed by atoms with E-state index in [1.54, 1.807) is 41.0 Å². The second kappa shape index (κ2) is 6.61. The van der Waals surface area contributed by atoms with Crippen LogP contribution in [0, 0.1) is 0 Å². The molecule has 20 heavy (non-hydrogen) atoms. The fourth-order valence-corrected chi connectivity index (χ4v) is 2.33. The van der Waals surface area contributed by atoms with Gasteiger partial charge in [-0.2, -0.15) is 0 Å². The predicted octanol–water partition coefficient (Wildman–Crippen LogP) is 2.25. The summed E-state index contributed by atoms with van der Waals surface area (Å²) in [6.07, 6.45) is -0.322. The molecule has 2 rings (SSSR count). The Morgan fingerprint density at radius 2 is 1.75 bits per heavy atom. The minimum Gasteiger partial charge on any atom is -0.450 e. The van der Waals surface area contributed by atoms with E-state index in [4.69, 9.17) is 16.3 Å². The Morgan fingerprint density at radius 1 is 1.15 bits per heavy atom. The van der Waals surface area contributed by atoms with Crippen molar-refractivity contribution < 1.29 is 14.3 Å². The quantitative estimate of drug-likeness (QED) is 0.841. The van der Waals surface area contributed by atoms with E-state index in [0.29, 0.717) is 43.4 Å². The maximum absolute atomic E-state index is 12.3. The molecule has 1 aromatic rings. The molecule has 0 unspecified atom stereocenters. The lowest BCUT2D eigenvalue weighted by Gasteiger charge is -2.34. The van der Waals surface area contributed by atoms with Crippen LogP contribution in [-0.4, -0.2) is 54.6 Å². The van der Waals surface area contributed by atoms with Gasteiger partial charge >= 0.3 is 6.09 Å². The summed E-state index contributed by atoms with van der Waals surface area (Å²) >= 11 is 6.03. The van der Waals surface area contributed by atoms with Gasteiger partial charge in [-0.15, -0.1) is 0 Å². The number of ether oxygens (including phenoxy) is 1. The van der Waals surface area contributed by atoms with E-state index in [1.807, 2.05) is 0 Å². The van der Waals surface area contributed by atoms with Crippen LogP contribution in [0.4, 0.5) is 4.79 Å². The second-order valence-corrected chi connectivity index (χ2v) is 4.87. The molecule has 1 aliphatic heterocycles. The first-order chi connectivity index (χ1) is 9.63. The molecule has 1 aromatic carbocycles. The van der Waals surface area contributed by atoms with Gasteiger partial charge in [-0.25, -0.2) is 4.79 Å². The highest BCUT2D eigenvalue weighted by Gasteiger charge is 2.26. The molecule has 0 radical (unpaired) electrons. The van der Waals surface area contributed by atoms with Gasteiger partial charge in [0.2, 0.25) is 0 Å². The Kier molecular flexibility index (Phi) is 4.84. The Bertz CT molecular complexity index is 499. The van der Waals surface area contributed by atoms with Crippen LogP contribution < -0.4 is 0 Å². The molecule has 2 amide bonds. The molecule has 1 aliphatic rings. The fraction of sp³-hybridized carbons (Fsp3) is 0.429. The molecule has 5 nitrogen and oxygen atoms in total. The number of hydrogen-bond donors (Lipinski definition) is 0. The van der Waals surface area contributed by atoms with E-state index in [1.165, 1.54) is 0 Å². The molecule has 0 aliphatic carbocycles. The van der Waals surface area contributed by atoms with Gasteiger partial charge in [0.1, 0.15) is 0 Å². The second-order valence-electron chi connectivity index (χ2n) is 4.46. The maximum Gasteiger partial charge on any atom is 0.409 e. The van der Waals surface area contributed by atoms with Crippen LogP contribution in [0.5, 0.6) is 0 Å². The van der Waals surface area contributed by atoms with Gasteiger partial charge < -0.3 is 14.5 Å². The number of amides is 2. The van der Waals surface area contributed by atoms with Crippen molar-refractivity contribution >= 4 is 23.6 Å². The van der Waals surface area contributed by atoms with Crippen LogP contribution in [0.3, 0.4) is 0 Å². The summed E-state index contributed by atoms with van der Waals surface area (Å²) in [6.45, 7) is 4.07. The number of rotatable bonds is 2. The van der Waals surface area contributed by atoms with Crippen molar-refractivity contribution in [3.05, 3.63) is 34.9 Å². The van der Waals surface area contributed by atoms with Crippen molar-refractivity contribution in [2.24, 2.45) is 0 Å². The minimum absolute atomic E-state index is 0.0980. The van der Waals surface area contributed by atoms with Gasteiger partial charge in [-0.3, -0.25) is 4.79 Å². The number of carbonyl (C=O) groups excluding carboxylic acids is 2. The van der Waals surface area contributed by atoms with Crippen molar-refractivity contribution in [2.45, 2.75) is 6.92 Å². The predicted molar refractivity (Wildman–Crippen MR) is 76.0 cm³/mol. The van der Waals surface area contributed by atoms with Gasteiger partial charge in [-0.05, 0) is 19.1 Å². The highest BCUT2D eigenvalue weighted by Crippen LogP contribution is 2.18. The number of nitrogens with zero attached hydrogens (tertiary/aromatic N) is 2. The summed E-state index contributed by atoms with van der Waals surface area (Å²) in [5.74, 6) is -0.0980. The molecule has 0 aromatic heterocycles. The van der Waals surface area contributed by atoms with Crippen molar-refractivity contribution in [3.8, 4) is 0 Å². The van der Waals surface area contributed by atoms with Crippen LogP contribution >= 0.6 is 11.6 Å². The Balaban J connectivity index is 1.96. The third kappa shape index (κ3) is 3.22. The van der Waals surface area contributed by atoms with Crippen molar-refractivity contribution in [1.29, 1.82) is 0 Å². The zero-order valence-corrected chi connectivity index (χ0v) is 12.1. The summed E-state index contributed by atoms with van der Waals surface area (Å²) in [5, 5.41) is 0.449. The highest BCUT2D eigenvalue weighted by molar-refractivity contribution is 6.33. The van der Waals surface area contributed by atoms with Crippen LogP contribution in [0.15, 0.2) is 24.3 Å². The lowest BCUT2D eigenvalue weighted by Crippen LogP contribution is -2.50. The first-order valence-electron chi connectivity index (χ1n) is 6.59. The summed E-state index contributed by atoms with van der Waals surface area (Å²) in [7, 11) is 0. The molecule has 0 atom stereocenters. The molecule has 108 valence electrons. The van der Waals surface area contributed by atoms with Crippen LogP contribution in [-0.2, 0) is 4.74 Å². The first-order valence-corrected chi connectivity index (χ1v) is 6.96. The molecule has 0 bridgehead atoms. The normalized spacial score (nSPS) is 15.1. The Morgan fingerprint density at radius 3 is 2.35 bits per heavy atom. The van der Waals surface area contributed by atoms with Gasteiger partial charge in [0.25, 0.3) is 5.91 Å². The Hall–Kier alpha value is -1.75. The van der Waals surface area contributed by atoms with Gasteiger partial charge in [0.15, 0.2) is 0 Å². The molecule has 0 spiro atoms. The van der Waals surface area contributed by atoms with Gasteiger partial charge in [0.05, 0.1) is 17.2 Å². The van der Waals surface area contributed by atoms with Gasteiger partial charge in [-0.1, -0.05) is 23.7 Å². The average Bonchev–Trinajstić information content (AvgIpc) is 2.47. The number of carbonyl (C=O) groups is 2. The van der Waals surface area contributed by atoms with E-state index < -0.39 is 0 Å². The van der Waals surface area contributed by atoms with Crippen molar-refractivity contribution in [1.82, 2.24) is 9.80 Å². The van der Waals surface area contributed by atoms with E-state index >= 15 is 0 Å². The largest absolute Gasteiger partial charge is 0.450 e. The average molecular weight is 297 g/mol. The van der Waals surface area contributed by atoms with E-state index in [-0.39, 0.29) is 12.0 Å². The molecule has 6 heteroatoms. The monoisotopic (exact) mass is 296 g/mol. The highest BCUT2D eigenvalue weighted by atomic mass is 35.5. The summed E-state index contributed by atoms with van der Waals surface area (Å²) in [6, 6.07) is 6.98. The number of benzene rings is 1. The number of piperazine rings is 1.